The van der Waals surface area contributed by atoms with Crippen LogP contribution >= 0.6 is 0 Å². The van der Waals surface area contributed by atoms with Crippen LogP contribution in [0.3, 0.4) is 0 Å². The Kier molecular flexibility index (Phi) is 5.13. The summed E-state index contributed by atoms with van der Waals surface area (Å²) in [5, 5.41) is 3.00. The standard InChI is InChI=1S/C16H20N2O3S/c1-12(2)15-17-16(21-18-15)13(3)22(19,20)11-7-10-14-8-5-4-6-9-14/h4-10,12-13H,11H2,1-3H3/b10-7+/t13-/m0/s1. The molecule has 0 aliphatic carbocycles. The van der Waals surface area contributed by atoms with Crippen LogP contribution in [-0.2, 0) is 9.84 Å². The lowest BCUT2D eigenvalue weighted by Crippen LogP contribution is -2.13. The minimum absolute atomic E-state index is 0.0670. The normalized spacial score (nSPS) is 13.8. The maximum Gasteiger partial charge on any atom is 0.244 e. The Morgan fingerprint density at radius 2 is 1.86 bits per heavy atom. The van der Waals surface area contributed by atoms with Gasteiger partial charge in [0, 0.05) is 5.92 Å². The summed E-state index contributed by atoms with van der Waals surface area (Å²) in [4.78, 5) is 4.16. The smallest absolute Gasteiger partial charge is 0.244 e. The third-order valence-corrected chi connectivity index (χ3v) is 5.23. The molecule has 0 N–H and O–H groups in total. The zero-order valence-corrected chi connectivity index (χ0v) is 13.7. The summed E-state index contributed by atoms with van der Waals surface area (Å²) in [7, 11) is -3.38. The fourth-order valence-electron chi connectivity index (χ4n) is 1.83. The molecule has 0 unspecified atom stereocenters. The Bertz CT molecular complexity index is 734. The van der Waals surface area contributed by atoms with E-state index in [9.17, 15) is 8.42 Å². The first-order valence-electron chi connectivity index (χ1n) is 7.17. The van der Waals surface area contributed by atoms with Gasteiger partial charge in [-0.1, -0.05) is 61.5 Å². The molecular weight excluding hydrogens is 300 g/mol. The molecular formula is C16H20N2O3S. The van der Waals surface area contributed by atoms with Gasteiger partial charge in [0.1, 0.15) is 5.25 Å². The van der Waals surface area contributed by atoms with E-state index in [0.717, 1.165) is 5.56 Å². The van der Waals surface area contributed by atoms with Gasteiger partial charge >= 0.3 is 0 Å². The van der Waals surface area contributed by atoms with Gasteiger partial charge in [-0.15, -0.1) is 0 Å². The maximum absolute atomic E-state index is 12.3. The van der Waals surface area contributed by atoms with Gasteiger partial charge in [0.25, 0.3) is 0 Å². The summed E-state index contributed by atoms with van der Waals surface area (Å²) in [5.41, 5.74) is 0.963. The molecule has 0 amide bonds. The number of aromatic nitrogens is 2. The lowest BCUT2D eigenvalue weighted by molar-refractivity contribution is 0.369. The average molecular weight is 320 g/mol. The van der Waals surface area contributed by atoms with Gasteiger partial charge in [-0.3, -0.25) is 0 Å². The van der Waals surface area contributed by atoms with Crippen LogP contribution in [0.1, 0.15) is 49.2 Å². The van der Waals surface area contributed by atoms with E-state index in [-0.39, 0.29) is 17.6 Å². The molecule has 0 aliphatic rings. The molecule has 2 aromatic rings. The number of hydrogen-bond donors (Lipinski definition) is 0. The van der Waals surface area contributed by atoms with Crippen molar-refractivity contribution in [3.05, 3.63) is 53.7 Å². The highest BCUT2D eigenvalue weighted by Crippen LogP contribution is 2.23. The van der Waals surface area contributed by atoms with Crippen LogP contribution in [0.15, 0.2) is 40.9 Å². The van der Waals surface area contributed by atoms with E-state index >= 15 is 0 Å². The van der Waals surface area contributed by atoms with Crippen molar-refractivity contribution in [2.75, 3.05) is 5.75 Å². The second kappa shape index (κ2) is 6.87. The van der Waals surface area contributed by atoms with Crippen molar-refractivity contribution in [2.45, 2.75) is 31.9 Å². The molecule has 0 aliphatic heterocycles. The van der Waals surface area contributed by atoms with Crippen LogP contribution in [0, 0.1) is 0 Å². The predicted octanol–water partition coefficient (Wildman–Crippen LogP) is 3.38. The molecule has 0 spiro atoms. The lowest BCUT2D eigenvalue weighted by Gasteiger charge is -2.06. The van der Waals surface area contributed by atoms with Crippen molar-refractivity contribution in [3.63, 3.8) is 0 Å². The summed E-state index contributed by atoms with van der Waals surface area (Å²) in [5.74, 6) is 0.710. The topological polar surface area (TPSA) is 73.1 Å². The molecule has 2 rings (SSSR count). The average Bonchev–Trinajstić information content (AvgIpc) is 2.97. The van der Waals surface area contributed by atoms with Crippen LogP contribution in [0.2, 0.25) is 0 Å². The van der Waals surface area contributed by atoms with Crippen molar-refractivity contribution >= 4 is 15.9 Å². The molecule has 6 heteroatoms. The van der Waals surface area contributed by atoms with E-state index in [0.29, 0.717) is 5.82 Å². The number of nitrogens with zero attached hydrogens (tertiary/aromatic N) is 2. The largest absolute Gasteiger partial charge is 0.338 e. The van der Waals surface area contributed by atoms with Gasteiger partial charge in [0.2, 0.25) is 5.89 Å². The highest BCUT2D eigenvalue weighted by molar-refractivity contribution is 7.91. The molecule has 0 bridgehead atoms. The molecule has 1 atom stereocenters. The van der Waals surface area contributed by atoms with Crippen molar-refractivity contribution in [1.82, 2.24) is 10.1 Å². The fourth-order valence-corrected chi connectivity index (χ4v) is 2.88. The Morgan fingerprint density at radius 3 is 2.45 bits per heavy atom. The van der Waals surface area contributed by atoms with Gasteiger partial charge < -0.3 is 4.52 Å². The van der Waals surface area contributed by atoms with Gasteiger partial charge in [-0.25, -0.2) is 8.42 Å². The highest BCUT2D eigenvalue weighted by Gasteiger charge is 2.27. The molecule has 118 valence electrons. The Morgan fingerprint density at radius 1 is 1.18 bits per heavy atom. The third-order valence-electron chi connectivity index (χ3n) is 3.30. The van der Waals surface area contributed by atoms with E-state index in [4.69, 9.17) is 4.52 Å². The number of hydrogen-bond acceptors (Lipinski definition) is 5. The van der Waals surface area contributed by atoms with Crippen molar-refractivity contribution in [2.24, 2.45) is 0 Å². The highest BCUT2D eigenvalue weighted by atomic mass is 32.2. The summed E-state index contributed by atoms with van der Waals surface area (Å²) >= 11 is 0. The van der Waals surface area contributed by atoms with Crippen LogP contribution in [0.4, 0.5) is 0 Å². The molecule has 0 radical (unpaired) electrons. The summed E-state index contributed by atoms with van der Waals surface area (Å²) in [6, 6.07) is 9.56. The minimum Gasteiger partial charge on any atom is -0.338 e. The lowest BCUT2D eigenvalue weighted by atomic mass is 10.2. The molecule has 0 saturated carbocycles. The number of sulfone groups is 1. The van der Waals surface area contributed by atoms with E-state index in [2.05, 4.69) is 10.1 Å². The van der Waals surface area contributed by atoms with Crippen LogP contribution < -0.4 is 0 Å². The van der Waals surface area contributed by atoms with Gasteiger partial charge in [0.15, 0.2) is 15.7 Å². The van der Waals surface area contributed by atoms with E-state index in [1.807, 2.05) is 44.2 Å². The molecule has 0 fully saturated rings. The second-order valence-corrected chi connectivity index (χ2v) is 7.80. The Hall–Kier alpha value is -1.95. The number of rotatable bonds is 6. The van der Waals surface area contributed by atoms with Crippen LogP contribution in [0.5, 0.6) is 0 Å². The molecule has 1 heterocycles. The van der Waals surface area contributed by atoms with Crippen molar-refractivity contribution < 1.29 is 12.9 Å². The van der Waals surface area contributed by atoms with E-state index in [1.54, 1.807) is 19.1 Å². The summed E-state index contributed by atoms with van der Waals surface area (Å²) in [6.07, 6.45) is 3.43. The van der Waals surface area contributed by atoms with E-state index in [1.165, 1.54) is 0 Å². The Balaban J connectivity index is 2.07. The zero-order valence-electron chi connectivity index (χ0n) is 12.9. The minimum atomic E-state index is -3.38. The quantitative estimate of drug-likeness (QED) is 0.815. The molecule has 1 aromatic carbocycles. The predicted molar refractivity (Wildman–Crippen MR) is 86.1 cm³/mol. The first kappa shape index (κ1) is 16.4. The summed E-state index contributed by atoms with van der Waals surface area (Å²) in [6.45, 7) is 5.43. The monoisotopic (exact) mass is 320 g/mol. The van der Waals surface area contributed by atoms with Crippen LogP contribution in [0.25, 0.3) is 6.08 Å². The molecule has 1 aromatic heterocycles. The van der Waals surface area contributed by atoms with Gasteiger partial charge in [0.05, 0.1) is 5.75 Å². The first-order valence-corrected chi connectivity index (χ1v) is 8.88. The van der Waals surface area contributed by atoms with Gasteiger partial charge in [-0.2, -0.15) is 4.98 Å². The van der Waals surface area contributed by atoms with E-state index < -0.39 is 15.1 Å². The number of benzene rings is 1. The van der Waals surface area contributed by atoms with Crippen molar-refractivity contribution in [3.8, 4) is 0 Å². The molecule has 0 saturated heterocycles. The van der Waals surface area contributed by atoms with Crippen molar-refractivity contribution in [1.29, 1.82) is 0 Å². The second-order valence-electron chi connectivity index (χ2n) is 5.43. The maximum atomic E-state index is 12.3. The fraction of sp³-hybridized carbons (Fsp3) is 0.375. The van der Waals surface area contributed by atoms with Gasteiger partial charge in [-0.05, 0) is 12.5 Å². The van der Waals surface area contributed by atoms with Crippen LogP contribution in [-0.4, -0.2) is 24.3 Å². The molecule has 5 nitrogen and oxygen atoms in total. The molecule has 22 heavy (non-hydrogen) atoms. The SMILES string of the molecule is CC(C)c1noc([C@H](C)S(=O)(=O)C/C=C/c2ccccc2)n1. The Labute approximate surface area is 131 Å². The summed E-state index contributed by atoms with van der Waals surface area (Å²) < 4.78 is 29.7. The first-order chi connectivity index (χ1) is 10.4. The third kappa shape index (κ3) is 4.04. The zero-order chi connectivity index (χ0) is 16.2.